The molecular formula is C25H29N3O2. The number of hydrogen-bond acceptors (Lipinski definition) is 4. The molecule has 4 rings (SSSR count). The summed E-state index contributed by atoms with van der Waals surface area (Å²) in [6.07, 6.45) is 3.43. The van der Waals surface area contributed by atoms with Gasteiger partial charge in [-0.1, -0.05) is 57.0 Å². The molecule has 0 radical (unpaired) electrons. The van der Waals surface area contributed by atoms with Crippen LogP contribution in [0.3, 0.4) is 0 Å². The largest absolute Gasteiger partial charge is 0.495 e. The fraction of sp³-hybridized carbons (Fsp3) is 0.360. The zero-order chi connectivity index (χ0) is 21.1. The molecule has 1 amide bonds. The minimum Gasteiger partial charge on any atom is -0.495 e. The summed E-state index contributed by atoms with van der Waals surface area (Å²) in [5.41, 5.74) is 2.24. The maximum atomic E-state index is 13.3. The van der Waals surface area contributed by atoms with Crippen LogP contribution in [-0.4, -0.2) is 24.0 Å². The molecule has 0 bridgehead atoms. The lowest BCUT2D eigenvalue weighted by atomic mass is 9.78. The van der Waals surface area contributed by atoms with E-state index >= 15 is 0 Å². The van der Waals surface area contributed by atoms with Crippen LogP contribution in [0.1, 0.15) is 43.5 Å². The third-order valence-corrected chi connectivity index (χ3v) is 6.35. The maximum Gasteiger partial charge on any atom is 0.252 e. The Bertz CT molecular complexity index is 1050. The molecule has 1 saturated carbocycles. The molecule has 3 unspecified atom stereocenters. The molecule has 1 aliphatic carbocycles. The third kappa shape index (κ3) is 4.11. The number of pyridine rings is 1. The summed E-state index contributed by atoms with van der Waals surface area (Å²) >= 11 is 0. The predicted octanol–water partition coefficient (Wildman–Crippen LogP) is 5.54. The molecule has 1 aromatic heterocycles. The van der Waals surface area contributed by atoms with Crippen LogP contribution in [0.5, 0.6) is 5.75 Å². The van der Waals surface area contributed by atoms with Gasteiger partial charge in [-0.25, -0.2) is 4.98 Å². The van der Waals surface area contributed by atoms with Crippen molar-refractivity contribution in [1.29, 1.82) is 0 Å². The SMILES string of the molecule is COc1ccccc1Nc1cc(C(=O)NC2CCCC(C)C2C)c2ccccc2n1. The molecule has 0 aliphatic heterocycles. The van der Waals surface area contributed by atoms with E-state index in [-0.39, 0.29) is 11.9 Å². The summed E-state index contributed by atoms with van der Waals surface area (Å²) in [5, 5.41) is 7.47. The second-order valence-electron chi connectivity index (χ2n) is 8.24. The van der Waals surface area contributed by atoms with Gasteiger partial charge in [0.15, 0.2) is 0 Å². The van der Waals surface area contributed by atoms with Crippen LogP contribution >= 0.6 is 0 Å². The molecule has 156 valence electrons. The number of nitrogens with zero attached hydrogens (tertiary/aromatic N) is 1. The van der Waals surface area contributed by atoms with Gasteiger partial charge >= 0.3 is 0 Å². The number of rotatable bonds is 5. The summed E-state index contributed by atoms with van der Waals surface area (Å²) in [6.45, 7) is 4.52. The number of methoxy groups -OCH3 is 1. The van der Waals surface area contributed by atoms with E-state index in [9.17, 15) is 4.79 Å². The Balaban J connectivity index is 1.67. The van der Waals surface area contributed by atoms with Crippen molar-refractivity contribution in [2.45, 2.75) is 39.2 Å². The Labute approximate surface area is 177 Å². The molecule has 3 atom stereocenters. The minimum absolute atomic E-state index is 0.0392. The van der Waals surface area contributed by atoms with Crippen molar-refractivity contribution < 1.29 is 9.53 Å². The number of carbonyl (C=O) groups excluding carboxylic acids is 1. The number of para-hydroxylation sites is 3. The molecule has 1 heterocycles. The fourth-order valence-corrected chi connectivity index (χ4v) is 4.35. The number of carbonyl (C=O) groups is 1. The normalized spacial score (nSPS) is 21.2. The van der Waals surface area contributed by atoms with Gasteiger partial charge in [-0.15, -0.1) is 0 Å². The summed E-state index contributed by atoms with van der Waals surface area (Å²) in [4.78, 5) is 18.0. The number of amides is 1. The lowest BCUT2D eigenvalue weighted by molar-refractivity contribution is 0.0892. The lowest BCUT2D eigenvalue weighted by Gasteiger charge is -2.34. The van der Waals surface area contributed by atoms with Crippen LogP contribution in [0.25, 0.3) is 10.9 Å². The van der Waals surface area contributed by atoms with Gasteiger partial charge in [-0.05, 0) is 42.5 Å². The maximum absolute atomic E-state index is 13.3. The van der Waals surface area contributed by atoms with Gasteiger partial charge in [0.1, 0.15) is 11.6 Å². The van der Waals surface area contributed by atoms with Crippen LogP contribution in [0.15, 0.2) is 54.6 Å². The number of anilines is 2. The van der Waals surface area contributed by atoms with E-state index in [1.807, 2.05) is 54.6 Å². The van der Waals surface area contributed by atoms with E-state index in [0.29, 0.717) is 23.2 Å². The molecule has 1 fully saturated rings. The summed E-state index contributed by atoms with van der Waals surface area (Å²) < 4.78 is 5.44. The van der Waals surface area contributed by atoms with Gasteiger partial charge < -0.3 is 15.4 Å². The molecule has 2 N–H and O–H groups in total. The number of ether oxygens (including phenoxy) is 1. The smallest absolute Gasteiger partial charge is 0.252 e. The highest BCUT2D eigenvalue weighted by Crippen LogP contribution is 2.31. The lowest BCUT2D eigenvalue weighted by Crippen LogP contribution is -2.43. The first kappa shape index (κ1) is 20.2. The van der Waals surface area contributed by atoms with Crippen molar-refractivity contribution in [2.75, 3.05) is 12.4 Å². The van der Waals surface area contributed by atoms with Crippen molar-refractivity contribution in [3.8, 4) is 5.75 Å². The van der Waals surface area contributed by atoms with E-state index in [2.05, 4.69) is 24.5 Å². The molecule has 5 heteroatoms. The van der Waals surface area contributed by atoms with E-state index in [4.69, 9.17) is 9.72 Å². The Kier molecular flexibility index (Phi) is 5.88. The first-order valence-corrected chi connectivity index (χ1v) is 10.7. The van der Waals surface area contributed by atoms with Crippen LogP contribution in [0.2, 0.25) is 0 Å². The standard InChI is InChI=1S/C25H29N3O2/c1-16-9-8-13-20(17(16)2)28-25(29)19-15-24(26-21-11-5-4-10-18(19)21)27-22-12-6-7-14-23(22)30-3/h4-7,10-12,14-17,20H,8-9,13H2,1-3H3,(H,26,27)(H,28,29). The monoisotopic (exact) mass is 403 g/mol. The average Bonchev–Trinajstić information content (AvgIpc) is 2.76. The molecule has 1 aliphatic rings. The number of aromatic nitrogens is 1. The first-order valence-electron chi connectivity index (χ1n) is 10.7. The summed E-state index contributed by atoms with van der Waals surface area (Å²) in [7, 11) is 1.64. The fourth-order valence-electron chi connectivity index (χ4n) is 4.35. The van der Waals surface area contributed by atoms with Gasteiger partial charge in [-0.2, -0.15) is 0 Å². The summed E-state index contributed by atoms with van der Waals surface area (Å²) in [6, 6.07) is 17.5. The zero-order valence-electron chi connectivity index (χ0n) is 17.8. The minimum atomic E-state index is -0.0392. The van der Waals surface area contributed by atoms with Crippen LogP contribution in [0, 0.1) is 11.8 Å². The van der Waals surface area contributed by atoms with Crippen molar-refractivity contribution in [2.24, 2.45) is 11.8 Å². The highest BCUT2D eigenvalue weighted by molar-refractivity contribution is 6.07. The van der Waals surface area contributed by atoms with Gasteiger partial charge in [0, 0.05) is 11.4 Å². The van der Waals surface area contributed by atoms with Gasteiger partial charge in [0.05, 0.1) is 23.9 Å². The van der Waals surface area contributed by atoms with E-state index in [1.54, 1.807) is 7.11 Å². The average molecular weight is 404 g/mol. The van der Waals surface area contributed by atoms with Gasteiger partial charge in [0.25, 0.3) is 5.91 Å². The molecule has 0 saturated heterocycles. The number of benzene rings is 2. The Hall–Kier alpha value is -3.08. The number of fused-ring (bicyclic) bond motifs is 1. The molecule has 30 heavy (non-hydrogen) atoms. The molecule has 0 spiro atoms. The molecular weight excluding hydrogens is 374 g/mol. The number of hydrogen-bond donors (Lipinski definition) is 2. The predicted molar refractivity (Wildman–Crippen MR) is 121 cm³/mol. The zero-order valence-corrected chi connectivity index (χ0v) is 17.8. The van der Waals surface area contributed by atoms with Gasteiger partial charge in [0.2, 0.25) is 0 Å². The molecule has 3 aromatic rings. The Morgan fingerprint density at radius 1 is 1.07 bits per heavy atom. The quantitative estimate of drug-likeness (QED) is 0.587. The first-order chi connectivity index (χ1) is 14.6. The Morgan fingerprint density at radius 3 is 2.67 bits per heavy atom. The van der Waals surface area contributed by atoms with E-state index < -0.39 is 0 Å². The van der Waals surface area contributed by atoms with Crippen molar-refractivity contribution in [3.63, 3.8) is 0 Å². The topological polar surface area (TPSA) is 63.2 Å². The van der Waals surface area contributed by atoms with E-state index in [1.165, 1.54) is 6.42 Å². The van der Waals surface area contributed by atoms with Crippen LogP contribution < -0.4 is 15.4 Å². The van der Waals surface area contributed by atoms with Crippen molar-refractivity contribution in [3.05, 3.63) is 60.2 Å². The van der Waals surface area contributed by atoms with Crippen molar-refractivity contribution >= 4 is 28.3 Å². The van der Waals surface area contributed by atoms with E-state index in [0.717, 1.165) is 35.2 Å². The number of nitrogens with one attached hydrogen (secondary N) is 2. The summed E-state index contributed by atoms with van der Waals surface area (Å²) in [5.74, 6) is 2.41. The molecule has 5 nitrogen and oxygen atoms in total. The van der Waals surface area contributed by atoms with Crippen LogP contribution in [0.4, 0.5) is 11.5 Å². The second-order valence-corrected chi connectivity index (χ2v) is 8.24. The Morgan fingerprint density at radius 2 is 1.83 bits per heavy atom. The van der Waals surface area contributed by atoms with Crippen molar-refractivity contribution in [1.82, 2.24) is 10.3 Å². The second kappa shape index (κ2) is 8.74. The highest BCUT2D eigenvalue weighted by atomic mass is 16.5. The van der Waals surface area contributed by atoms with Crippen LogP contribution in [-0.2, 0) is 0 Å². The third-order valence-electron chi connectivity index (χ3n) is 6.35. The molecule has 2 aromatic carbocycles. The van der Waals surface area contributed by atoms with Gasteiger partial charge in [-0.3, -0.25) is 4.79 Å². The highest BCUT2D eigenvalue weighted by Gasteiger charge is 2.29.